The van der Waals surface area contributed by atoms with Crippen molar-refractivity contribution in [2.45, 2.75) is 13.3 Å². The van der Waals surface area contributed by atoms with Gasteiger partial charge in [0.2, 0.25) is 0 Å². The molecular formula is C15H20O4S. The molecule has 1 aromatic rings. The van der Waals surface area contributed by atoms with Gasteiger partial charge >= 0.3 is 5.97 Å². The molecule has 20 heavy (non-hydrogen) atoms. The zero-order chi connectivity index (χ0) is 14.8. The lowest BCUT2D eigenvalue weighted by atomic mass is 10.2. The van der Waals surface area contributed by atoms with Gasteiger partial charge in [-0.1, -0.05) is 13.0 Å². The highest BCUT2D eigenvalue weighted by Crippen LogP contribution is 2.28. The fraction of sp³-hybridized carbons (Fsp3) is 0.400. The number of carbonyl (C=O) groups is 1. The van der Waals surface area contributed by atoms with Gasteiger partial charge in [0.05, 0.1) is 13.7 Å². The highest BCUT2D eigenvalue weighted by Gasteiger charge is 2.04. The van der Waals surface area contributed by atoms with Crippen molar-refractivity contribution in [3.8, 4) is 11.5 Å². The molecule has 0 aliphatic rings. The first kappa shape index (κ1) is 16.4. The van der Waals surface area contributed by atoms with Crippen LogP contribution < -0.4 is 9.47 Å². The third-order valence-electron chi connectivity index (χ3n) is 2.50. The molecule has 5 heteroatoms. The number of carboxylic acids is 1. The predicted molar refractivity (Wildman–Crippen MR) is 82.8 cm³/mol. The molecule has 0 saturated carbocycles. The third-order valence-corrected chi connectivity index (χ3v) is 3.49. The topological polar surface area (TPSA) is 55.8 Å². The van der Waals surface area contributed by atoms with E-state index in [0.29, 0.717) is 18.1 Å². The van der Waals surface area contributed by atoms with Crippen molar-refractivity contribution in [1.29, 1.82) is 0 Å². The van der Waals surface area contributed by atoms with Crippen molar-refractivity contribution in [3.63, 3.8) is 0 Å². The van der Waals surface area contributed by atoms with Crippen LogP contribution in [0.25, 0.3) is 6.08 Å². The van der Waals surface area contributed by atoms with E-state index in [2.05, 4.69) is 6.92 Å². The van der Waals surface area contributed by atoms with E-state index in [1.54, 1.807) is 25.3 Å². The summed E-state index contributed by atoms with van der Waals surface area (Å²) >= 11 is 1.89. The second-order valence-corrected chi connectivity index (χ2v) is 5.37. The quantitative estimate of drug-likeness (QED) is 0.559. The number of methoxy groups -OCH3 is 1. The van der Waals surface area contributed by atoms with Gasteiger partial charge in [-0.2, -0.15) is 11.8 Å². The minimum atomic E-state index is -0.974. The van der Waals surface area contributed by atoms with E-state index in [-0.39, 0.29) is 0 Å². The van der Waals surface area contributed by atoms with Crippen LogP contribution in [0.1, 0.15) is 18.9 Å². The molecular weight excluding hydrogens is 276 g/mol. The van der Waals surface area contributed by atoms with Crippen LogP contribution in [0.3, 0.4) is 0 Å². The molecule has 0 spiro atoms. The highest BCUT2D eigenvalue weighted by atomic mass is 32.2. The van der Waals surface area contributed by atoms with Crippen molar-refractivity contribution in [2.75, 3.05) is 25.2 Å². The molecule has 0 aliphatic carbocycles. The van der Waals surface area contributed by atoms with Crippen LogP contribution >= 0.6 is 11.8 Å². The predicted octanol–water partition coefficient (Wildman–Crippen LogP) is 3.32. The summed E-state index contributed by atoms with van der Waals surface area (Å²) < 4.78 is 10.9. The van der Waals surface area contributed by atoms with Gasteiger partial charge in [-0.15, -0.1) is 0 Å². The summed E-state index contributed by atoms with van der Waals surface area (Å²) in [6, 6.07) is 5.36. The zero-order valence-electron chi connectivity index (χ0n) is 11.8. The lowest BCUT2D eigenvalue weighted by Crippen LogP contribution is -2.00. The number of aliphatic carboxylic acids is 1. The fourth-order valence-corrected chi connectivity index (χ4v) is 2.17. The Morgan fingerprint density at radius 1 is 1.40 bits per heavy atom. The van der Waals surface area contributed by atoms with Crippen LogP contribution in [0.4, 0.5) is 0 Å². The molecule has 0 saturated heterocycles. The van der Waals surface area contributed by atoms with E-state index in [9.17, 15) is 4.79 Å². The fourth-order valence-electron chi connectivity index (χ4n) is 1.56. The normalized spacial score (nSPS) is 10.7. The Hall–Kier alpha value is -1.62. The summed E-state index contributed by atoms with van der Waals surface area (Å²) in [4.78, 5) is 10.5. The average Bonchev–Trinajstić information content (AvgIpc) is 2.45. The van der Waals surface area contributed by atoms with Crippen molar-refractivity contribution < 1.29 is 19.4 Å². The summed E-state index contributed by atoms with van der Waals surface area (Å²) in [6.07, 6.45) is 3.60. The van der Waals surface area contributed by atoms with Crippen molar-refractivity contribution in [1.82, 2.24) is 0 Å². The maximum absolute atomic E-state index is 10.5. The smallest absolute Gasteiger partial charge is 0.328 e. The lowest BCUT2D eigenvalue weighted by molar-refractivity contribution is -0.131. The molecule has 110 valence electrons. The summed E-state index contributed by atoms with van der Waals surface area (Å²) in [5.41, 5.74) is 0.762. The van der Waals surface area contributed by atoms with Gasteiger partial charge in [0.15, 0.2) is 11.5 Å². The molecule has 0 fully saturated rings. The van der Waals surface area contributed by atoms with Crippen LogP contribution in [0.5, 0.6) is 11.5 Å². The summed E-state index contributed by atoms with van der Waals surface area (Å²) in [6.45, 7) is 2.78. The molecule has 0 heterocycles. The van der Waals surface area contributed by atoms with E-state index in [1.807, 2.05) is 11.8 Å². The van der Waals surface area contributed by atoms with Crippen LogP contribution in [0, 0.1) is 0 Å². The average molecular weight is 296 g/mol. The molecule has 0 radical (unpaired) electrons. The third kappa shape index (κ3) is 6.02. The lowest BCUT2D eigenvalue weighted by Gasteiger charge is -2.11. The zero-order valence-corrected chi connectivity index (χ0v) is 12.6. The number of hydrogen-bond donors (Lipinski definition) is 1. The van der Waals surface area contributed by atoms with Crippen LogP contribution in [-0.2, 0) is 4.79 Å². The number of hydrogen-bond acceptors (Lipinski definition) is 4. The maximum atomic E-state index is 10.5. The number of rotatable bonds is 9. The molecule has 0 aliphatic heterocycles. The molecule has 0 aromatic heterocycles. The van der Waals surface area contributed by atoms with Gasteiger partial charge in [-0.05, 0) is 41.7 Å². The van der Waals surface area contributed by atoms with Gasteiger partial charge < -0.3 is 14.6 Å². The van der Waals surface area contributed by atoms with Crippen molar-refractivity contribution >= 4 is 23.8 Å². The second kappa shape index (κ2) is 9.31. The van der Waals surface area contributed by atoms with Crippen molar-refractivity contribution in [3.05, 3.63) is 29.8 Å². The Morgan fingerprint density at radius 2 is 2.20 bits per heavy atom. The summed E-state index contributed by atoms with van der Waals surface area (Å²) in [5.74, 6) is 2.52. The molecule has 1 rings (SSSR count). The van der Waals surface area contributed by atoms with E-state index < -0.39 is 5.97 Å². The van der Waals surface area contributed by atoms with E-state index in [4.69, 9.17) is 14.6 Å². The van der Waals surface area contributed by atoms with E-state index >= 15 is 0 Å². The van der Waals surface area contributed by atoms with Crippen LogP contribution in [0.2, 0.25) is 0 Å². The highest BCUT2D eigenvalue weighted by molar-refractivity contribution is 7.99. The SMILES string of the molecule is CCSCCCOc1ccc(/C=C/C(=O)O)cc1OC. The molecule has 0 unspecified atom stereocenters. The largest absolute Gasteiger partial charge is 0.493 e. The minimum absolute atomic E-state index is 0.612. The van der Waals surface area contributed by atoms with E-state index in [1.165, 1.54) is 6.08 Å². The van der Waals surface area contributed by atoms with Gasteiger partial charge in [0, 0.05) is 6.08 Å². The molecule has 0 atom stereocenters. The molecule has 1 aromatic carbocycles. The second-order valence-electron chi connectivity index (χ2n) is 3.98. The monoisotopic (exact) mass is 296 g/mol. The standard InChI is InChI=1S/C15H20O4S/c1-3-20-10-4-9-19-13-7-5-12(6-8-15(16)17)11-14(13)18-2/h5-8,11H,3-4,9-10H2,1-2H3,(H,16,17)/b8-6+. The maximum Gasteiger partial charge on any atom is 0.328 e. The Balaban J connectivity index is 2.61. The van der Waals surface area contributed by atoms with Gasteiger partial charge in [0.25, 0.3) is 0 Å². The Labute approximate surface area is 123 Å². The first-order valence-electron chi connectivity index (χ1n) is 6.47. The van der Waals surface area contributed by atoms with Gasteiger partial charge in [-0.25, -0.2) is 4.79 Å². The van der Waals surface area contributed by atoms with Gasteiger partial charge in [-0.3, -0.25) is 0 Å². The Morgan fingerprint density at radius 3 is 2.85 bits per heavy atom. The Bertz CT molecular complexity index is 457. The Kier molecular flexibility index (Phi) is 7.65. The molecule has 4 nitrogen and oxygen atoms in total. The number of ether oxygens (including phenoxy) is 2. The summed E-state index contributed by atoms with van der Waals surface area (Å²) in [7, 11) is 1.57. The minimum Gasteiger partial charge on any atom is -0.493 e. The van der Waals surface area contributed by atoms with Crippen molar-refractivity contribution in [2.24, 2.45) is 0 Å². The van der Waals surface area contributed by atoms with Gasteiger partial charge in [0.1, 0.15) is 0 Å². The number of thioether (sulfide) groups is 1. The molecule has 0 amide bonds. The first-order chi connectivity index (χ1) is 9.67. The number of benzene rings is 1. The summed E-state index contributed by atoms with van der Waals surface area (Å²) in [5, 5.41) is 8.60. The van der Waals surface area contributed by atoms with Crippen LogP contribution in [0.15, 0.2) is 24.3 Å². The molecule has 0 bridgehead atoms. The first-order valence-corrected chi connectivity index (χ1v) is 7.62. The van der Waals surface area contributed by atoms with Crippen LogP contribution in [-0.4, -0.2) is 36.3 Å². The number of carboxylic acid groups (broad SMARTS) is 1. The molecule has 1 N–H and O–H groups in total. The van der Waals surface area contributed by atoms with E-state index in [0.717, 1.165) is 29.6 Å².